The van der Waals surface area contributed by atoms with Crippen molar-refractivity contribution in [3.63, 3.8) is 0 Å². The zero-order valence-electron chi connectivity index (χ0n) is 9.89. The molecule has 1 fully saturated rings. The largest absolute Gasteiger partial charge is 0.367 e. The summed E-state index contributed by atoms with van der Waals surface area (Å²) in [6.07, 6.45) is 2.59. The predicted molar refractivity (Wildman–Crippen MR) is 67.9 cm³/mol. The van der Waals surface area contributed by atoms with Gasteiger partial charge in [-0.15, -0.1) is 0 Å². The average Bonchev–Trinajstić information content (AvgIpc) is 2.86. The van der Waals surface area contributed by atoms with E-state index in [-0.39, 0.29) is 0 Å². The molecular formula is C10H19N5S. The molecule has 1 aliphatic heterocycles. The van der Waals surface area contributed by atoms with Crippen LogP contribution in [-0.4, -0.2) is 47.0 Å². The van der Waals surface area contributed by atoms with Gasteiger partial charge in [-0.3, -0.25) is 4.90 Å². The van der Waals surface area contributed by atoms with Crippen LogP contribution >= 0.6 is 11.5 Å². The summed E-state index contributed by atoms with van der Waals surface area (Å²) < 4.78 is 4.00. The van der Waals surface area contributed by atoms with Gasteiger partial charge in [0, 0.05) is 31.2 Å². The van der Waals surface area contributed by atoms with Gasteiger partial charge in [0.05, 0.1) is 0 Å². The van der Waals surface area contributed by atoms with Gasteiger partial charge in [0.25, 0.3) is 0 Å². The lowest BCUT2D eigenvalue weighted by atomic mass is 10.2. The van der Waals surface area contributed by atoms with E-state index in [4.69, 9.17) is 5.73 Å². The normalized spacial score (nSPS) is 21.5. The number of likely N-dealkylation sites (tertiary alicyclic amines) is 1. The summed E-state index contributed by atoms with van der Waals surface area (Å²) in [7, 11) is 2.06. The number of nitrogen functional groups attached to an aromatic ring is 1. The van der Waals surface area contributed by atoms with Crippen LogP contribution in [0.4, 0.5) is 11.1 Å². The van der Waals surface area contributed by atoms with Gasteiger partial charge in [0.15, 0.2) is 0 Å². The highest BCUT2D eigenvalue weighted by molar-refractivity contribution is 7.09. The number of nitrogens with zero attached hydrogens (tertiary/aromatic N) is 4. The van der Waals surface area contributed by atoms with Gasteiger partial charge in [0.2, 0.25) is 11.1 Å². The summed E-state index contributed by atoms with van der Waals surface area (Å²) in [5, 5.41) is 0.917. The zero-order chi connectivity index (χ0) is 11.5. The number of hydrogen-bond donors (Lipinski definition) is 1. The quantitative estimate of drug-likeness (QED) is 0.853. The third kappa shape index (κ3) is 2.44. The molecule has 0 spiro atoms. The van der Waals surface area contributed by atoms with Crippen molar-refractivity contribution in [2.45, 2.75) is 25.8 Å². The van der Waals surface area contributed by atoms with Crippen LogP contribution < -0.4 is 10.6 Å². The van der Waals surface area contributed by atoms with E-state index >= 15 is 0 Å². The van der Waals surface area contributed by atoms with Gasteiger partial charge < -0.3 is 10.6 Å². The van der Waals surface area contributed by atoms with Crippen LogP contribution in [0.2, 0.25) is 0 Å². The summed E-state index contributed by atoms with van der Waals surface area (Å²) >= 11 is 1.37. The highest BCUT2D eigenvalue weighted by Crippen LogP contribution is 2.21. The molecule has 1 aromatic heterocycles. The van der Waals surface area contributed by atoms with Crippen LogP contribution in [0.25, 0.3) is 0 Å². The Hall–Kier alpha value is -0.880. The molecule has 0 aliphatic carbocycles. The van der Waals surface area contributed by atoms with E-state index in [2.05, 4.69) is 33.1 Å². The lowest BCUT2D eigenvalue weighted by Crippen LogP contribution is -2.38. The van der Waals surface area contributed by atoms with Crippen molar-refractivity contribution in [2.75, 3.05) is 37.3 Å². The summed E-state index contributed by atoms with van der Waals surface area (Å²) in [6, 6.07) is 0.653. The molecule has 0 aromatic carbocycles. The maximum Gasteiger partial charge on any atom is 0.233 e. The fraction of sp³-hybridized carbons (Fsp3) is 0.800. The van der Waals surface area contributed by atoms with Gasteiger partial charge >= 0.3 is 0 Å². The van der Waals surface area contributed by atoms with Crippen LogP contribution in [0, 0.1) is 0 Å². The van der Waals surface area contributed by atoms with E-state index in [0.29, 0.717) is 12.0 Å². The van der Waals surface area contributed by atoms with Crippen molar-refractivity contribution in [1.29, 1.82) is 0 Å². The maximum atomic E-state index is 5.53. The fourth-order valence-electron chi connectivity index (χ4n) is 2.29. The van der Waals surface area contributed by atoms with Crippen molar-refractivity contribution in [3.8, 4) is 0 Å². The molecule has 0 radical (unpaired) electrons. The molecule has 6 heteroatoms. The second-order valence-corrected chi connectivity index (χ2v) is 4.97. The van der Waals surface area contributed by atoms with E-state index in [9.17, 15) is 0 Å². The summed E-state index contributed by atoms with van der Waals surface area (Å²) in [6.45, 7) is 5.60. The molecule has 1 saturated heterocycles. The number of hydrogen-bond acceptors (Lipinski definition) is 6. The van der Waals surface area contributed by atoms with E-state index in [1.54, 1.807) is 0 Å². The van der Waals surface area contributed by atoms with Crippen LogP contribution in [0.15, 0.2) is 0 Å². The number of anilines is 2. The topological polar surface area (TPSA) is 58.3 Å². The molecule has 0 saturated carbocycles. The van der Waals surface area contributed by atoms with Gasteiger partial charge in [-0.05, 0) is 25.9 Å². The first-order valence-electron chi connectivity index (χ1n) is 5.75. The molecule has 1 atom stereocenters. The number of aromatic nitrogens is 2. The molecule has 1 aromatic rings. The minimum Gasteiger partial charge on any atom is -0.367 e. The predicted octanol–water partition coefficient (Wildman–Crippen LogP) is 1.04. The Balaban J connectivity index is 1.94. The van der Waals surface area contributed by atoms with Crippen molar-refractivity contribution in [3.05, 3.63) is 0 Å². The molecule has 1 unspecified atom stereocenters. The van der Waals surface area contributed by atoms with Crippen LogP contribution in [0.1, 0.15) is 19.8 Å². The molecule has 2 rings (SSSR count). The van der Waals surface area contributed by atoms with Crippen molar-refractivity contribution in [2.24, 2.45) is 0 Å². The minimum atomic E-state index is 0.380. The molecule has 90 valence electrons. The molecule has 2 heterocycles. The second kappa shape index (κ2) is 4.97. The first kappa shape index (κ1) is 11.6. The molecule has 1 aliphatic rings. The van der Waals surface area contributed by atoms with E-state index in [0.717, 1.165) is 18.2 Å². The lowest BCUT2D eigenvalue weighted by molar-refractivity contribution is 0.270. The van der Waals surface area contributed by atoms with Crippen molar-refractivity contribution < 1.29 is 0 Å². The Kier molecular flexibility index (Phi) is 3.60. The van der Waals surface area contributed by atoms with Crippen LogP contribution in [-0.2, 0) is 0 Å². The Bertz CT molecular complexity index is 340. The van der Waals surface area contributed by atoms with Gasteiger partial charge in [-0.25, -0.2) is 0 Å². The van der Waals surface area contributed by atoms with Gasteiger partial charge in [-0.1, -0.05) is 6.92 Å². The Morgan fingerprint density at radius 2 is 2.44 bits per heavy atom. The molecular weight excluding hydrogens is 222 g/mol. The van der Waals surface area contributed by atoms with Crippen molar-refractivity contribution in [1.82, 2.24) is 14.3 Å². The Morgan fingerprint density at radius 1 is 1.62 bits per heavy atom. The SMILES string of the molecule is CCN1CCCC1CN(C)c1nc(N)ns1. The highest BCUT2D eigenvalue weighted by atomic mass is 32.1. The summed E-state index contributed by atoms with van der Waals surface area (Å²) in [4.78, 5) is 8.88. The molecule has 0 amide bonds. The third-order valence-electron chi connectivity index (χ3n) is 3.15. The zero-order valence-corrected chi connectivity index (χ0v) is 10.7. The highest BCUT2D eigenvalue weighted by Gasteiger charge is 2.24. The van der Waals surface area contributed by atoms with Crippen LogP contribution in [0.5, 0.6) is 0 Å². The van der Waals surface area contributed by atoms with Gasteiger partial charge in [-0.2, -0.15) is 9.36 Å². The van der Waals surface area contributed by atoms with Gasteiger partial charge in [0.1, 0.15) is 0 Å². The Labute approximate surface area is 100 Å². The second-order valence-electron chi connectivity index (χ2n) is 4.24. The third-order valence-corrected chi connectivity index (χ3v) is 3.99. The summed E-state index contributed by atoms with van der Waals surface area (Å²) in [5.74, 6) is 0.380. The van der Waals surface area contributed by atoms with E-state index < -0.39 is 0 Å². The summed E-state index contributed by atoms with van der Waals surface area (Å²) in [5.41, 5.74) is 5.53. The van der Waals surface area contributed by atoms with Crippen LogP contribution in [0.3, 0.4) is 0 Å². The minimum absolute atomic E-state index is 0.380. The maximum absolute atomic E-state index is 5.53. The first-order valence-corrected chi connectivity index (χ1v) is 6.52. The number of rotatable bonds is 4. The van der Waals surface area contributed by atoms with E-state index in [1.165, 1.54) is 30.9 Å². The lowest BCUT2D eigenvalue weighted by Gasteiger charge is -2.27. The average molecular weight is 241 g/mol. The Morgan fingerprint density at radius 3 is 3.06 bits per heavy atom. The standard InChI is InChI=1S/C10H19N5S/c1-3-15-6-4-5-8(15)7-14(2)10-12-9(11)13-16-10/h8H,3-7H2,1-2H3,(H2,11,13). The first-order chi connectivity index (χ1) is 7.70. The molecule has 5 nitrogen and oxygen atoms in total. The molecule has 16 heavy (non-hydrogen) atoms. The fourth-order valence-corrected chi connectivity index (χ4v) is 2.86. The molecule has 0 bridgehead atoms. The number of nitrogens with two attached hydrogens (primary N) is 1. The monoisotopic (exact) mass is 241 g/mol. The number of likely N-dealkylation sites (N-methyl/N-ethyl adjacent to an activating group) is 2. The van der Waals surface area contributed by atoms with E-state index in [1.807, 2.05) is 0 Å². The smallest absolute Gasteiger partial charge is 0.233 e. The van der Waals surface area contributed by atoms with Crippen molar-refractivity contribution >= 4 is 22.6 Å². The molecule has 2 N–H and O–H groups in total.